The molecule has 0 spiro atoms. The number of nitrogen functional groups attached to an aromatic ring is 1. The number of carbonyl (C=O) groups excluding carboxylic acids is 1. The second-order valence-corrected chi connectivity index (χ2v) is 5.03. The van der Waals surface area contributed by atoms with Crippen LogP contribution in [-0.2, 0) is 0 Å². The molecule has 1 amide bonds. The molecule has 2 heterocycles. The number of hydrogen-bond acceptors (Lipinski definition) is 6. The fraction of sp³-hybridized carbons (Fsp3) is 0.500. The summed E-state index contributed by atoms with van der Waals surface area (Å²) in [7, 11) is 1.82. The van der Waals surface area contributed by atoms with Gasteiger partial charge in [-0.1, -0.05) is 0 Å². The first-order valence-electron chi connectivity index (χ1n) is 5.37. The first-order chi connectivity index (χ1) is 8.22. The quantitative estimate of drug-likeness (QED) is 0.597. The van der Waals surface area contributed by atoms with E-state index in [0.717, 1.165) is 17.9 Å². The Bertz CT molecular complexity index is 390. The largest absolute Gasteiger partial charge is 0.336 e. The Balaban J connectivity index is 2.07. The first kappa shape index (κ1) is 12.1. The lowest BCUT2D eigenvalue weighted by Crippen LogP contribution is -2.37. The van der Waals surface area contributed by atoms with E-state index >= 15 is 0 Å². The van der Waals surface area contributed by atoms with Gasteiger partial charge in [0.05, 0.1) is 0 Å². The van der Waals surface area contributed by atoms with Gasteiger partial charge in [0.25, 0.3) is 5.91 Å². The summed E-state index contributed by atoms with van der Waals surface area (Å²) in [4.78, 5) is 13.8. The average molecular weight is 253 g/mol. The summed E-state index contributed by atoms with van der Waals surface area (Å²) < 4.78 is 0. The number of rotatable bonds is 3. The third kappa shape index (κ3) is 2.67. The summed E-state index contributed by atoms with van der Waals surface area (Å²) in [6.07, 6.45) is 1.04. The van der Waals surface area contributed by atoms with Crippen molar-refractivity contribution in [2.75, 3.05) is 24.0 Å². The van der Waals surface area contributed by atoms with Gasteiger partial charge in [0.15, 0.2) is 11.5 Å². The number of thioether (sulfide) groups is 1. The van der Waals surface area contributed by atoms with E-state index in [0.29, 0.717) is 17.6 Å². The van der Waals surface area contributed by atoms with Crippen LogP contribution in [0.15, 0.2) is 12.1 Å². The highest BCUT2D eigenvalue weighted by Crippen LogP contribution is 2.22. The molecule has 0 radical (unpaired) electrons. The highest BCUT2D eigenvalue weighted by Gasteiger charge is 2.25. The normalized spacial score (nSPS) is 19.1. The van der Waals surface area contributed by atoms with Gasteiger partial charge < -0.3 is 10.3 Å². The third-order valence-electron chi connectivity index (χ3n) is 2.81. The lowest BCUT2D eigenvalue weighted by molar-refractivity contribution is 0.0741. The van der Waals surface area contributed by atoms with Crippen LogP contribution in [0.5, 0.6) is 0 Å². The van der Waals surface area contributed by atoms with E-state index in [2.05, 4.69) is 15.6 Å². The summed E-state index contributed by atoms with van der Waals surface area (Å²) in [5.41, 5.74) is 2.73. The number of carbonyl (C=O) groups is 1. The summed E-state index contributed by atoms with van der Waals surface area (Å²) in [5.74, 6) is 7.65. The Morgan fingerprint density at radius 1 is 1.59 bits per heavy atom. The van der Waals surface area contributed by atoms with Gasteiger partial charge in [-0.15, -0.1) is 10.2 Å². The molecule has 0 aromatic carbocycles. The number of nitrogens with two attached hydrogens (primary N) is 1. The molecule has 1 aliphatic heterocycles. The molecule has 1 unspecified atom stereocenters. The molecular formula is C10H15N5OS. The van der Waals surface area contributed by atoms with Gasteiger partial charge in [-0.3, -0.25) is 4.79 Å². The van der Waals surface area contributed by atoms with Crippen molar-refractivity contribution in [3.8, 4) is 0 Å². The second kappa shape index (κ2) is 5.33. The zero-order valence-electron chi connectivity index (χ0n) is 9.59. The summed E-state index contributed by atoms with van der Waals surface area (Å²) in [6, 6.07) is 3.57. The van der Waals surface area contributed by atoms with Crippen molar-refractivity contribution < 1.29 is 4.79 Å². The molecule has 1 fully saturated rings. The Kier molecular flexibility index (Phi) is 3.80. The predicted molar refractivity (Wildman–Crippen MR) is 67.7 cm³/mol. The smallest absolute Gasteiger partial charge is 0.274 e. The molecule has 0 saturated carbocycles. The van der Waals surface area contributed by atoms with Gasteiger partial charge in [0, 0.05) is 18.8 Å². The Morgan fingerprint density at radius 3 is 2.94 bits per heavy atom. The van der Waals surface area contributed by atoms with Gasteiger partial charge in [0.2, 0.25) is 0 Å². The number of amides is 1. The zero-order chi connectivity index (χ0) is 12.3. The molecule has 6 nitrogen and oxygen atoms in total. The molecule has 7 heteroatoms. The van der Waals surface area contributed by atoms with Crippen LogP contribution in [0.1, 0.15) is 16.9 Å². The molecule has 17 heavy (non-hydrogen) atoms. The van der Waals surface area contributed by atoms with E-state index in [1.165, 1.54) is 0 Å². The molecule has 0 bridgehead atoms. The lowest BCUT2D eigenvalue weighted by Gasteiger charge is -2.23. The van der Waals surface area contributed by atoms with Crippen molar-refractivity contribution in [2.24, 2.45) is 5.84 Å². The van der Waals surface area contributed by atoms with Crippen LogP contribution in [0.3, 0.4) is 0 Å². The first-order valence-corrected chi connectivity index (χ1v) is 6.53. The average Bonchev–Trinajstić information content (AvgIpc) is 2.91. The topological polar surface area (TPSA) is 84.1 Å². The van der Waals surface area contributed by atoms with E-state index in [9.17, 15) is 4.79 Å². The van der Waals surface area contributed by atoms with Crippen molar-refractivity contribution in [3.63, 3.8) is 0 Å². The van der Waals surface area contributed by atoms with Crippen LogP contribution >= 0.6 is 11.8 Å². The van der Waals surface area contributed by atoms with Gasteiger partial charge in [0.1, 0.15) is 0 Å². The van der Waals surface area contributed by atoms with Gasteiger partial charge in [-0.25, -0.2) is 5.84 Å². The Labute approximate surface area is 104 Å². The van der Waals surface area contributed by atoms with Crippen molar-refractivity contribution in [2.45, 2.75) is 12.5 Å². The number of hydrogen-bond donors (Lipinski definition) is 2. The van der Waals surface area contributed by atoms with E-state index in [1.54, 1.807) is 17.0 Å². The molecule has 1 atom stereocenters. The highest BCUT2D eigenvalue weighted by molar-refractivity contribution is 7.99. The van der Waals surface area contributed by atoms with Crippen LogP contribution in [0.2, 0.25) is 0 Å². The Hall–Kier alpha value is -1.34. The molecule has 0 aliphatic carbocycles. The fourth-order valence-electron chi connectivity index (χ4n) is 1.70. The minimum atomic E-state index is -0.0893. The number of nitrogens with zero attached hydrogens (tertiary/aromatic N) is 3. The predicted octanol–water partition coefficient (Wildman–Crippen LogP) is 0.340. The van der Waals surface area contributed by atoms with Gasteiger partial charge in [-0.05, 0) is 24.3 Å². The number of anilines is 1. The van der Waals surface area contributed by atoms with E-state index in [1.807, 2.05) is 18.8 Å². The van der Waals surface area contributed by atoms with Crippen molar-refractivity contribution in [1.29, 1.82) is 0 Å². The maximum atomic E-state index is 12.1. The third-order valence-corrected chi connectivity index (χ3v) is 3.95. The van der Waals surface area contributed by atoms with Gasteiger partial charge >= 0.3 is 0 Å². The van der Waals surface area contributed by atoms with Crippen molar-refractivity contribution in [1.82, 2.24) is 15.1 Å². The highest BCUT2D eigenvalue weighted by atomic mass is 32.2. The lowest BCUT2D eigenvalue weighted by atomic mass is 10.2. The van der Waals surface area contributed by atoms with Crippen LogP contribution in [0, 0.1) is 0 Å². The molecule has 1 saturated heterocycles. The minimum absolute atomic E-state index is 0.0893. The number of nitrogens with one attached hydrogen (secondary N) is 1. The summed E-state index contributed by atoms with van der Waals surface area (Å²) in [5, 5.41) is 7.64. The summed E-state index contributed by atoms with van der Waals surface area (Å²) in [6.45, 7) is 0. The SMILES string of the molecule is CN(C(=O)c1ccc(NN)nn1)C1CCSC1. The molecule has 1 aromatic heterocycles. The molecule has 92 valence electrons. The molecule has 2 rings (SSSR count). The molecular weight excluding hydrogens is 238 g/mol. The molecule has 1 aromatic rings. The Morgan fingerprint density at radius 2 is 2.41 bits per heavy atom. The number of hydrazine groups is 1. The van der Waals surface area contributed by atoms with Crippen LogP contribution in [0.25, 0.3) is 0 Å². The van der Waals surface area contributed by atoms with Crippen LogP contribution < -0.4 is 11.3 Å². The van der Waals surface area contributed by atoms with Crippen molar-refractivity contribution in [3.05, 3.63) is 17.8 Å². The second-order valence-electron chi connectivity index (χ2n) is 3.88. The van der Waals surface area contributed by atoms with E-state index in [4.69, 9.17) is 5.84 Å². The monoisotopic (exact) mass is 253 g/mol. The maximum Gasteiger partial charge on any atom is 0.274 e. The van der Waals surface area contributed by atoms with Crippen molar-refractivity contribution >= 4 is 23.5 Å². The van der Waals surface area contributed by atoms with E-state index < -0.39 is 0 Å². The number of aromatic nitrogens is 2. The van der Waals surface area contributed by atoms with Gasteiger partial charge in [-0.2, -0.15) is 11.8 Å². The summed E-state index contributed by atoms with van der Waals surface area (Å²) >= 11 is 1.87. The van der Waals surface area contributed by atoms with Crippen LogP contribution in [0.4, 0.5) is 5.82 Å². The minimum Gasteiger partial charge on any atom is -0.336 e. The molecule has 3 N–H and O–H groups in total. The molecule has 1 aliphatic rings. The standard InChI is InChI=1S/C10H15N5OS/c1-15(7-4-5-17-6-7)10(16)8-2-3-9(12-11)14-13-8/h2-3,7H,4-6,11H2,1H3,(H,12,14). The van der Waals surface area contributed by atoms with Crippen LogP contribution in [-0.4, -0.2) is 45.6 Å². The van der Waals surface area contributed by atoms with E-state index in [-0.39, 0.29) is 5.91 Å². The zero-order valence-corrected chi connectivity index (χ0v) is 10.4. The fourth-order valence-corrected chi connectivity index (χ4v) is 2.97. The maximum absolute atomic E-state index is 12.1.